The maximum absolute atomic E-state index is 13.8. The lowest BCUT2D eigenvalue weighted by Crippen LogP contribution is -2.44. The van der Waals surface area contributed by atoms with Crippen molar-refractivity contribution in [3.05, 3.63) is 0 Å². The number of alkyl halides is 2. The van der Waals surface area contributed by atoms with E-state index in [4.69, 9.17) is 0 Å². The van der Waals surface area contributed by atoms with E-state index in [-0.39, 0.29) is 26.2 Å². The van der Waals surface area contributed by atoms with Crippen LogP contribution in [0, 0.1) is 0 Å². The van der Waals surface area contributed by atoms with Crippen LogP contribution >= 0.6 is 0 Å². The van der Waals surface area contributed by atoms with Crippen LogP contribution in [0.5, 0.6) is 0 Å². The fourth-order valence-corrected chi connectivity index (χ4v) is 2.16. The van der Waals surface area contributed by atoms with Crippen LogP contribution in [0.4, 0.5) is 8.78 Å². The standard InChI is InChI=1S/C8H14F2N2/c1-2-12-5-7(9)3-11-4-8(7,10)6-12/h11H,2-6H2,1H3/t7-,8+. The van der Waals surface area contributed by atoms with Crippen molar-refractivity contribution in [2.75, 3.05) is 32.7 Å². The number of nitrogens with zero attached hydrogens (tertiary/aromatic N) is 1. The molecule has 2 aliphatic heterocycles. The zero-order valence-corrected chi connectivity index (χ0v) is 7.24. The first-order valence-electron chi connectivity index (χ1n) is 4.41. The summed E-state index contributed by atoms with van der Waals surface area (Å²) < 4.78 is 27.7. The SMILES string of the molecule is CCN1C[C@]2(F)CNC[C@]2(F)C1. The molecule has 0 aromatic carbocycles. The Morgan fingerprint density at radius 2 is 1.75 bits per heavy atom. The third-order valence-electron chi connectivity index (χ3n) is 3.01. The number of hydrogen-bond acceptors (Lipinski definition) is 2. The lowest BCUT2D eigenvalue weighted by molar-refractivity contribution is 0.0491. The lowest BCUT2D eigenvalue weighted by Gasteiger charge is -2.22. The van der Waals surface area contributed by atoms with E-state index in [0.29, 0.717) is 0 Å². The highest BCUT2D eigenvalue weighted by molar-refractivity contribution is 5.16. The number of halogens is 2. The fraction of sp³-hybridized carbons (Fsp3) is 1.00. The number of nitrogens with one attached hydrogen (secondary N) is 1. The highest BCUT2D eigenvalue weighted by atomic mass is 19.2. The van der Waals surface area contributed by atoms with Gasteiger partial charge in [0.1, 0.15) is 0 Å². The summed E-state index contributed by atoms with van der Waals surface area (Å²) in [5, 5.41) is 2.77. The Kier molecular flexibility index (Phi) is 1.67. The van der Waals surface area contributed by atoms with Crippen molar-refractivity contribution in [1.82, 2.24) is 10.2 Å². The molecule has 2 aliphatic rings. The molecule has 2 atom stereocenters. The van der Waals surface area contributed by atoms with Crippen molar-refractivity contribution >= 4 is 0 Å². The van der Waals surface area contributed by atoms with Gasteiger partial charge in [0.15, 0.2) is 11.3 Å². The van der Waals surface area contributed by atoms with Crippen LogP contribution in [0.2, 0.25) is 0 Å². The van der Waals surface area contributed by atoms with E-state index in [9.17, 15) is 8.78 Å². The molecule has 0 unspecified atom stereocenters. The molecule has 0 aliphatic carbocycles. The normalized spacial score (nSPS) is 48.2. The smallest absolute Gasteiger partial charge is 0.172 e. The average molecular weight is 176 g/mol. The van der Waals surface area contributed by atoms with Crippen LogP contribution in [-0.2, 0) is 0 Å². The molecule has 0 radical (unpaired) electrons. The maximum Gasteiger partial charge on any atom is 0.172 e. The lowest BCUT2D eigenvalue weighted by atomic mass is 9.94. The summed E-state index contributed by atoms with van der Waals surface area (Å²) in [6.07, 6.45) is 0. The second-order valence-electron chi connectivity index (χ2n) is 3.84. The van der Waals surface area contributed by atoms with Gasteiger partial charge in [-0.05, 0) is 6.54 Å². The molecule has 0 bridgehead atoms. The van der Waals surface area contributed by atoms with Crippen LogP contribution in [0.25, 0.3) is 0 Å². The number of hydrogen-bond donors (Lipinski definition) is 1. The van der Waals surface area contributed by atoms with Crippen molar-refractivity contribution < 1.29 is 8.78 Å². The summed E-state index contributed by atoms with van der Waals surface area (Å²) >= 11 is 0. The summed E-state index contributed by atoms with van der Waals surface area (Å²) in [6.45, 7) is 3.48. The van der Waals surface area contributed by atoms with Gasteiger partial charge in [0.2, 0.25) is 0 Å². The second-order valence-corrected chi connectivity index (χ2v) is 3.84. The van der Waals surface area contributed by atoms with Gasteiger partial charge >= 0.3 is 0 Å². The van der Waals surface area contributed by atoms with E-state index in [0.717, 1.165) is 6.54 Å². The molecule has 2 fully saturated rings. The first-order chi connectivity index (χ1) is 5.60. The molecule has 0 aromatic rings. The van der Waals surface area contributed by atoms with Crippen LogP contribution < -0.4 is 5.32 Å². The minimum atomic E-state index is -1.64. The Morgan fingerprint density at radius 3 is 2.17 bits per heavy atom. The molecule has 2 rings (SSSR count). The van der Waals surface area contributed by atoms with Crippen molar-refractivity contribution in [2.45, 2.75) is 18.3 Å². The molecule has 0 spiro atoms. The highest BCUT2D eigenvalue weighted by Crippen LogP contribution is 2.40. The zero-order chi connectivity index (χ0) is 8.82. The van der Waals surface area contributed by atoms with Gasteiger partial charge in [0.05, 0.1) is 0 Å². The quantitative estimate of drug-likeness (QED) is 0.620. The van der Waals surface area contributed by atoms with E-state index in [1.807, 2.05) is 11.8 Å². The Balaban J connectivity index is 2.19. The van der Waals surface area contributed by atoms with Crippen LogP contribution in [0.3, 0.4) is 0 Å². The summed E-state index contributed by atoms with van der Waals surface area (Å²) in [6, 6.07) is 0. The fourth-order valence-electron chi connectivity index (χ4n) is 2.16. The Labute approximate surface area is 70.9 Å². The van der Waals surface area contributed by atoms with E-state index >= 15 is 0 Å². The topological polar surface area (TPSA) is 15.3 Å². The number of rotatable bonds is 1. The molecule has 2 nitrogen and oxygen atoms in total. The van der Waals surface area contributed by atoms with Gasteiger partial charge in [-0.2, -0.15) is 0 Å². The van der Waals surface area contributed by atoms with E-state index < -0.39 is 11.3 Å². The van der Waals surface area contributed by atoms with Crippen molar-refractivity contribution in [3.8, 4) is 0 Å². The summed E-state index contributed by atoms with van der Waals surface area (Å²) in [4.78, 5) is 1.83. The largest absolute Gasteiger partial charge is 0.310 e. The molecule has 0 amide bonds. The second kappa shape index (κ2) is 2.39. The van der Waals surface area contributed by atoms with E-state index in [2.05, 4.69) is 5.32 Å². The Morgan fingerprint density at radius 1 is 1.25 bits per heavy atom. The van der Waals surface area contributed by atoms with Gasteiger partial charge < -0.3 is 5.32 Å². The molecular weight excluding hydrogens is 162 g/mol. The zero-order valence-electron chi connectivity index (χ0n) is 7.24. The Bertz CT molecular complexity index is 181. The molecule has 70 valence electrons. The van der Waals surface area contributed by atoms with Gasteiger partial charge in [-0.3, -0.25) is 4.90 Å². The van der Waals surface area contributed by atoms with Crippen LogP contribution in [0.15, 0.2) is 0 Å². The van der Waals surface area contributed by atoms with Gasteiger partial charge in [0, 0.05) is 26.2 Å². The van der Waals surface area contributed by atoms with Crippen LogP contribution in [0.1, 0.15) is 6.92 Å². The molecule has 4 heteroatoms. The van der Waals surface area contributed by atoms with Crippen molar-refractivity contribution in [1.29, 1.82) is 0 Å². The van der Waals surface area contributed by atoms with E-state index in [1.54, 1.807) is 0 Å². The Hall–Kier alpha value is -0.220. The molecular formula is C8H14F2N2. The van der Waals surface area contributed by atoms with Gasteiger partial charge in [-0.15, -0.1) is 0 Å². The predicted octanol–water partition coefficient (Wildman–Crippen LogP) is 0.342. The highest BCUT2D eigenvalue weighted by Gasteiger charge is 2.62. The van der Waals surface area contributed by atoms with Crippen LogP contribution in [-0.4, -0.2) is 49.0 Å². The number of fused-ring (bicyclic) bond motifs is 1. The summed E-state index contributed by atoms with van der Waals surface area (Å²) in [7, 11) is 0. The minimum absolute atomic E-state index is 0.167. The predicted molar refractivity (Wildman–Crippen MR) is 42.7 cm³/mol. The summed E-state index contributed by atoms with van der Waals surface area (Å²) in [5.41, 5.74) is -3.27. The molecule has 0 aromatic heterocycles. The first-order valence-corrected chi connectivity index (χ1v) is 4.41. The van der Waals surface area contributed by atoms with Crippen molar-refractivity contribution in [3.63, 3.8) is 0 Å². The molecule has 1 N–H and O–H groups in total. The van der Waals surface area contributed by atoms with Gasteiger partial charge in [-0.25, -0.2) is 8.78 Å². The molecule has 2 saturated heterocycles. The first kappa shape index (κ1) is 8.38. The van der Waals surface area contributed by atoms with Crippen molar-refractivity contribution in [2.24, 2.45) is 0 Å². The molecule has 0 saturated carbocycles. The number of likely N-dealkylation sites (tertiary alicyclic amines) is 1. The maximum atomic E-state index is 13.8. The third kappa shape index (κ3) is 0.910. The summed E-state index contributed by atoms with van der Waals surface area (Å²) in [5.74, 6) is 0. The monoisotopic (exact) mass is 176 g/mol. The van der Waals surface area contributed by atoms with E-state index in [1.165, 1.54) is 0 Å². The third-order valence-corrected chi connectivity index (χ3v) is 3.01. The van der Waals surface area contributed by atoms with Gasteiger partial charge in [0.25, 0.3) is 0 Å². The van der Waals surface area contributed by atoms with Gasteiger partial charge in [-0.1, -0.05) is 6.92 Å². The average Bonchev–Trinajstić information content (AvgIpc) is 2.38. The molecule has 12 heavy (non-hydrogen) atoms. The molecule has 2 heterocycles. The minimum Gasteiger partial charge on any atom is -0.310 e.